The lowest BCUT2D eigenvalue weighted by Gasteiger charge is -2.06. The number of rotatable bonds is 2. The van der Waals surface area contributed by atoms with Crippen LogP contribution in [-0.4, -0.2) is 5.91 Å². The maximum atomic E-state index is 11.9. The maximum absolute atomic E-state index is 11.9. The molecule has 2 aromatic rings. The Hall–Kier alpha value is -1.80. The summed E-state index contributed by atoms with van der Waals surface area (Å²) < 4.78 is 0. The first kappa shape index (κ1) is 13.3. The van der Waals surface area contributed by atoms with Gasteiger partial charge in [0.25, 0.3) is 5.91 Å². The number of anilines is 1. The molecule has 0 saturated heterocycles. The Morgan fingerprint density at radius 1 is 0.941 bits per heavy atom. The highest BCUT2D eigenvalue weighted by atomic mass is 35.5. The molecule has 0 radical (unpaired) electrons. The van der Waals surface area contributed by atoms with Gasteiger partial charge in [-0.2, -0.15) is 0 Å². The second-order valence-electron chi connectivity index (χ2n) is 3.64. The molecule has 0 bridgehead atoms. The minimum absolute atomic E-state index is 0. The lowest BCUT2D eigenvalue weighted by atomic mass is 10.1. The standard InChI is InChI=1S/C14H13NO.ClH/c1-11-7-5-6-10-13(11)14(16)15-12-8-3-2-4-9-12;/h2-10H,1H3,(H,15,16);1H. The Kier molecular flexibility index (Phi) is 4.73. The highest BCUT2D eigenvalue weighted by Gasteiger charge is 2.07. The number of halogens is 1. The Labute approximate surface area is 107 Å². The third kappa shape index (κ3) is 3.33. The molecule has 2 aromatic carbocycles. The quantitative estimate of drug-likeness (QED) is 0.862. The third-order valence-corrected chi connectivity index (χ3v) is 2.42. The minimum Gasteiger partial charge on any atom is -0.322 e. The van der Waals surface area contributed by atoms with Gasteiger partial charge < -0.3 is 5.32 Å². The van der Waals surface area contributed by atoms with E-state index in [1.165, 1.54) is 0 Å². The van der Waals surface area contributed by atoms with Crippen LogP contribution in [0.1, 0.15) is 15.9 Å². The molecule has 3 heteroatoms. The van der Waals surface area contributed by atoms with E-state index in [1.807, 2.05) is 61.5 Å². The zero-order valence-corrected chi connectivity index (χ0v) is 10.3. The number of nitrogens with one attached hydrogen (secondary N) is 1. The molecule has 0 heterocycles. The van der Waals surface area contributed by atoms with Crippen molar-refractivity contribution in [2.45, 2.75) is 6.92 Å². The van der Waals surface area contributed by atoms with Crippen molar-refractivity contribution in [1.29, 1.82) is 0 Å². The fraction of sp³-hybridized carbons (Fsp3) is 0.0714. The van der Waals surface area contributed by atoms with Gasteiger partial charge in [0.05, 0.1) is 0 Å². The van der Waals surface area contributed by atoms with Crippen LogP contribution in [0.5, 0.6) is 0 Å². The predicted octanol–water partition coefficient (Wildman–Crippen LogP) is 3.67. The van der Waals surface area contributed by atoms with E-state index in [-0.39, 0.29) is 18.3 Å². The van der Waals surface area contributed by atoms with Gasteiger partial charge in [-0.1, -0.05) is 36.4 Å². The first-order chi connectivity index (χ1) is 7.77. The van der Waals surface area contributed by atoms with Crippen LogP contribution in [0.3, 0.4) is 0 Å². The molecule has 0 saturated carbocycles. The van der Waals surface area contributed by atoms with Crippen molar-refractivity contribution in [3.05, 3.63) is 65.7 Å². The summed E-state index contributed by atoms with van der Waals surface area (Å²) >= 11 is 0. The lowest BCUT2D eigenvalue weighted by molar-refractivity contribution is 0.102. The van der Waals surface area contributed by atoms with Crippen molar-refractivity contribution in [2.75, 3.05) is 5.32 Å². The average Bonchev–Trinajstić information content (AvgIpc) is 2.31. The van der Waals surface area contributed by atoms with Crippen molar-refractivity contribution in [2.24, 2.45) is 0 Å². The van der Waals surface area contributed by atoms with E-state index in [2.05, 4.69) is 5.32 Å². The van der Waals surface area contributed by atoms with Crippen LogP contribution in [0.4, 0.5) is 5.69 Å². The first-order valence-electron chi connectivity index (χ1n) is 5.19. The van der Waals surface area contributed by atoms with Crippen LogP contribution >= 0.6 is 12.4 Å². The smallest absolute Gasteiger partial charge is 0.255 e. The summed E-state index contributed by atoms with van der Waals surface area (Å²) in [5, 5.41) is 2.86. The monoisotopic (exact) mass is 247 g/mol. The molecule has 0 aromatic heterocycles. The second-order valence-corrected chi connectivity index (χ2v) is 3.64. The van der Waals surface area contributed by atoms with Gasteiger partial charge in [-0.25, -0.2) is 0 Å². The SMILES string of the molecule is Cc1ccccc1C(=O)Nc1ccccc1.Cl. The number of carbonyl (C=O) groups is 1. The molecule has 0 aliphatic rings. The van der Waals surface area contributed by atoms with E-state index >= 15 is 0 Å². The molecule has 2 nitrogen and oxygen atoms in total. The molecule has 0 aliphatic carbocycles. The van der Waals surface area contributed by atoms with Crippen molar-refractivity contribution in [3.63, 3.8) is 0 Å². The van der Waals surface area contributed by atoms with E-state index in [0.29, 0.717) is 5.56 Å². The Balaban J connectivity index is 0.00000144. The highest BCUT2D eigenvalue weighted by Crippen LogP contribution is 2.11. The Bertz CT molecular complexity index is 497. The van der Waals surface area contributed by atoms with Gasteiger partial charge >= 0.3 is 0 Å². The van der Waals surface area contributed by atoms with E-state index in [4.69, 9.17) is 0 Å². The number of amides is 1. The van der Waals surface area contributed by atoms with Crippen LogP contribution in [-0.2, 0) is 0 Å². The molecule has 0 unspecified atom stereocenters. The molecule has 1 amide bonds. The fourth-order valence-corrected chi connectivity index (χ4v) is 1.55. The fourth-order valence-electron chi connectivity index (χ4n) is 1.55. The van der Waals surface area contributed by atoms with Crippen LogP contribution in [0, 0.1) is 6.92 Å². The van der Waals surface area contributed by atoms with Crippen molar-refractivity contribution in [3.8, 4) is 0 Å². The summed E-state index contributed by atoms with van der Waals surface area (Å²) in [6, 6.07) is 17.0. The van der Waals surface area contributed by atoms with Gasteiger partial charge in [-0.3, -0.25) is 4.79 Å². The predicted molar refractivity (Wildman–Crippen MR) is 72.8 cm³/mol. The van der Waals surface area contributed by atoms with Gasteiger partial charge in [0.15, 0.2) is 0 Å². The number of benzene rings is 2. The Morgan fingerprint density at radius 3 is 2.18 bits per heavy atom. The molecular weight excluding hydrogens is 234 g/mol. The zero-order valence-electron chi connectivity index (χ0n) is 9.51. The summed E-state index contributed by atoms with van der Waals surface area (Å²) in [6.07, 6.45) is 0. The molecule has 0 fully saturated rings. The number of hydrogen-bond acceptors (Lipinski definition) is 1. The van der Waals surface area contributed by atoms with Gasteiger partial charge in [-0.05, 0) is 30.7 Å². The molecule has 17 heavy (non-hydrogen) atoms. The maximum Gasteiger partial charge on any atom is 0.255 e. The zero-order chi connectivity index (χ0) is 11.4. The summed E-state index contributed by atoms with van der Waals surface area (Å²) in [6.45, 7) is 1.93. The molecule has 1 N–H and O–H groups in total. The Morgan fingerprint density at radius 2 is 1.53 bits per heavy atom. The minimum atomic E-state index is -0.0655. The van der Waals surface area contributed by atoms with Crippen LogP contribution in [0.25, 0.3) is 0 Å². The molecule has 2 rings (SSSR count). The average molecular weight is 248 g/mol. The number of carbonyl (C=O) groups excluding carboxylic acids is 1. The van der Waals surface area contributed by atoms with Crippen molar-refractivity contribution >= 4 is 24.0 Å². The summed E-state index contributed by atoms with van der Waals surface area (Å²) in [7, 11) is 0. The lowest BCUT2D eigenvalue weighted by Crippen LogP contribution is -2.12. The summed E-state index contributed by atoms with van der Waals surface area (Å²) in [5.41, 5.74) is 2.51. The van der Waals surface area contributed by atoms with Gasteiger partial charge in [0, 0.05) is 11.3 Å². The second kappa shape index (κ2) is 6.06. The van der Waals surface area contributed by atoms with Gasteiger partial charge in [-0.15, -0.1) is 12.4 Å². The van der Waals surface area contributed by atoms with Gasteiger partial charge in [0.2, 0.25) is 0 Å². The molecule has 0 spiro atoms. The largest absolute Gasteiger partial charge is 0.322 e. The van der Waals surface area contributed by atoms with Crippen molar-refractivity contribution < 1.29 is 4.79 Å². The summed E-state index contributed by atoms with van der Waals surface area (Å²) in [5.74, 6) is -0.0655. The third-order valence-electron chi connectivity index (χ3n) is 2.42. The van der Waals surface area contributed by atoms with Crippen LogP contribution < -0.4 is 5.32 Å². The van der Waals surface area contributed by atoms with Crippen LogP contribution in [0.2, 0.25) is 0 Å². The molecule has 88 valence electrons. The molecule has 0 aliphatic heterocycles. The van der Waals surface area contributed by atoms with Gasteiger partial charge in [0.1, 0.15) is 0 Å². The number of para-hydroxylation sites is 1. The molecular formula is C14H14ClNO. The normalized spacial score (nSPS) is 9.24. The number of hydrogen-bond donors (Lipinski definition) is 1. The van der Waals surface area contributed by atoms with Crippen molar-refractivity contribution in [1.82, 2.24) is 0 Å². The summed E-state index contributed by atoms with van der Waals surface area (Å²) in [4.78, 5) is 11.9. The first-order valence-corrected chi connectivity index (χ1v) is 5.19. The van der Waals surface area contributed by atoms with E-state index in [0.717, 1.165) is 11.3 Å². The van der Waals surface area contributed by atoms with E-state index in [1.54, 1.807) is 0 Å². The molecule has 0 atom stereocenters. The van der Waals surface area contributed by atoms with Crippen LogP contribution in [0.15, 0.2) is 54.6 Å². The highest BCUT2D eigenvalue weighted by molar-refractivity contribution is 6.05. The van der Waals surface area contributed by atoms with E-state index < -0.39 is 0 Å². The number of aryl methyl sites for hydroxylation is 1. The van der Waals surface area contributed by atoms with E-state index in [9.17, 15) is 4.79 Å². The topological polar surface area (TPSA) is 29.1 Å².